The molecule has 0 aliphatic heterocycles. The Bertz CT molecular complexity index is 656. The van der Waals surface area contributed by atoms with Gasteiger partial charge < -0.3 is 0 Å². The Morgan fingerprint density at radius 3 is 1.95 bits per heavy atom. The number of rotatable bonds is 2. The van der Waals surface area contributed by atoms with Crippen molar-refractivity contribution in [2.45, 2.75) is 0 Å². The zero-order valence-corrected chi connectivity index (χ0v) is 12.2. The summed E-state index contributed by atoms with van der Waals surface area (Å²) in [6, 6.07) is 17.6. The molecule has 93 valence electrons. The molecule has 0 fully saturated rings. The first-order valence-electron chi connectivity index (χ1n) is 5.77. The van der Waals surface area contributed by atoms with E-state index in [2.05, 4.69) is 5.38 Å². The third-order valence-electron chi connectivity index (χ3n) is 2.89. The second kappa shape index (κ2) is 5.38. The van der Waals surface area contributed by atoms with Gasteiger partial charge in [-0.05, 0) is 18.2 Å². The molecule has 0 unspecified atom stereocenters. The highest BCUT2D eigenvalue weighted by atomic mass is 35.5. The summed E-state index contributed by atoms with van der Waals surface area (Å²) in [4.78, 5) is 1.10. The van der Waals surface area contributed by atoms with Gasteiger partial charge in [0.25, 0.3) is 0 Å². The van der Waals surface area contributed by atoms with Crippen LogP contribution in [0, 0.1) is 5.38 Å². The topological polar surface area (TPSA) is 0 Å². The highest BCUT2D eigenvalue weighted by Gasteiger charge is 2.13. The summed E-state index contributed by atoms with van der Waals surface area (Å²) >= 11 is 14.1. The number of hydrogen-bond donors (Lipinski definition) is 0. The smallest absolute Gasteiger partial charge is 0.0492 e. The highest BCUT2D eigenvalue weighted by Crippen LogP contribution is 2.41. The fourth-order valence-electron chi connectivity index (χ4n) is 1.99. The predicted molar refractivity (Wildman–Crippen MR) is 84.0 cm³/mol. The Morgan fingerprint density at radius 2 is 1.32 bits per heavy atom. The molecule has 3 aromatic rings. The molecule has 0 aliphatic rings. The molecule has 0 saturated carbocycles. The molecule has 2 aromatic carbocycles. The van der Waals surface area contributed by atoms with E-state index in [1.54, 1.807) is 11.3 Å². The minimum Gasteiger partial charge on any atom is -0.134 e. The lowest BCUT2D eigenvalue weighted by molar-refractivity contribution is 1.65. The van der Waals surface area contributed by atoms with Crippen molar-refractivity contribution in [3.63, 3.8) is 0 Å². The molecule has 3 heteroatoms. The molecule has 0 amide bonds. The van der Waals surface area contributed by atoms with Gasteiger partial charge in [0.1, 0.15) is 0 Å². The van der Waals surface area contributed by atoms with Gasteiger partial charge in [-0.15, -0.1) is 11.3 Å². The van der Waals surface area contributed by atoms with Gasteiger partial charge in [0.05, 0.1) is 0 Å². The SMILES string of the molecule is Clc1ccccc1-c1c[c]sc1-c1ccccc1Cl. The van der Waals surface area contributed by atoms with Gasteiger partial charge in [-0.2, -0.15) is 0 Å². The van der Waals surface area contributed by atoms with Crippen LogP contribution >= 0.6 is 34.5 Å². The maximum Gasteiger partial charge on any atom is 0.0492 e. The molecule has 1 aromatic heterocycles. The largest absolute Gasteiger partial charge is 0.134 e. The van der Waals surface area contributed by atoms with Crippen LogP contribution in [0.1, 0.15) is 0 Å². The zero-order valence-electron chi connectivity index (χ0n) is 9.86. The van der Waals surface area contributed by atoms with Gasteiger partial charge in [0, 0.05) is 37.0 Å². The molecule has 0 spiro atoms. The Morgan fingerprint density at radius 1 is 0.737 bits per heavy atom. The van der Waals surface area contributed by atoms with Crippen LogP contribution in [0.4, 0.5) is 0 Å². The van der Waals surface area contributed by atoms with E-state index < -0.39 is 0 Å². The number of hydrogen-bond acceptors (Lipinski definition) is 1. The lowest BCUT2D eigenvalue weighted by Gasteiger charge is -2.07. The van der Waals surface area contributed by atoms with Crippen LogP contribution < -0.4 is 0 Å². The van der Waals surface area contributed by atoms with Gasteiger partial charge in [-0.1, -0.05) is 59.6 Å². The monoisotopic (exact) mass is 303 g/mol. The molecule has 1 radical (unpaired) electrons. The molecule has 3 rings (SSSR count). The van der Waals surface area contributed by atoms with Crippen molar-refractivity contribution in [3.05, 3.63) is 70.0 Å². The summed E-state index contributed by atoms with van der Waals surface area (Å²) in [7, 11) is 0. The molecule has 1 heterocycles. The molecule has 0 atom stereocenters. The van der Waals surface area contributed by atoms with E-state index in [0.29, 0.717) is 0 Å². The van der Waals surface area contributed by atoms with Crippen molar-refractivity contribution >= 4 is 34.5 Å². The van der Waals surface area contributed by atoms with Crippen molar-refractivity contribution < 1.29 is 0 Å². The van der Waals surface area contributed by atoms with Crippen LogP contribution in [0.2, 0.25) is 10.0 Å². The summed E-state index contributed by atoms with van der Waals surface area (Å²) in [5.41, 5.74) is 3.10. The molecule has 0 nitrogen and oxygen atoms in total. The van der Waals surface area contributed by atoms with Gasteiger partial charge >= 0.3 is 0 Å². The fraction of sp³-hybridized carbons (Fsp3) is 0. The van der Waals surface area contributed by atoms with Crippen molar-refractivity contribution in [3.8, 4) is 21.6 Å². The fourth-order valence-corrected chi connectivity index (χ4v) is 3.38. The van der Waals surface area contributed by atoms with Crippen molar-refractivity contribution in [1.82, 2.24) is 0 Å². The molecule has 0 N–H and O–H groups in total. The van der Waals surface area contributed by atoms with E-state index in [1.807, 2.05) is 54.6 Å². The standard InChI is InChI=1S/C16H9Cl2S/c17-14-7-3-1-5-11(14)12-9-10-19-16(12)13-6-2-4-8-15(13)18/h1-9H. The first kappa shape index (κ1) is 12.7. The average molecular weight is 304 g/mol. The van der Waals surface area contributed by atoms with Crippen LogP contribution in [0.25, 0.3) is 21.6 Å². The Labute approximate surface area is 126 Å². The second-order valence-electron chi connectivity index (χ2n) is 4.07. The van der Waals surface area contributed by atoms with Crippen molar-refractivity contribution in [1.29, 1.82) is 0 Å². The Hall–Kier alpha value is -1.28. The molecular formula is C16H9Cl2S. The van der Waals surface area contributed by atoms with Gasteiger partial charge in [-0.25, -0.2) is 0 Å². The van der Waals surface area contributed by atoms with Crippen LogP contribution in [0.3, 0.4) is 0 Å². The quantitative estimate of drug-likeness (QED) is 0.529. The third kappa shape index (κ3) is 2.42. The van der Waals surface area contributed by atoms with Crippen LogP contribution in [0.15, 0.2) is 54.6 Å². The second-order valence-corrected chi connectivity index (χ2v) is 5.73. The van der Waals surface area contributed by atoms with Crippen molar-refractivity contribution in [2.75, 3.05) is 0 Å². The summed E-state index contributed by atoms with van der Waals surface area (Å²) in [6.45, 7) is 0. The van der Waals surface area contributed by atoms with Crippen LogP contribution in [-0.2, 0) is 0 Å². The predicted octanol–water partition coefficient (Wildman–Crippen LogP) is 6.19. The minimum absolute atomic E-state index is 0.739. The summed E-state index contributed by atoms with van der Waals surface area (Å²) in [5.74, 6) is 0. The summed E-state index contributed by atoms with van der Waals surface area (Å²) in [5, 5.41) is 4.65. The minimum atomic E-state index is 0.739. The van der Waals surface area contributed by atoms with E-state index in [1.165, 1.54) is 0 Å². The number of halogens is 2. The Kier molecular flexibility index (Phi) is 3.61. The third-order valence-corrected chi connectivity index (χ3v) is 4.43. The summed E-state index contributed by atoms with van der Waals surface area (Å²) < 4.78 is 0. The molecule has 19 heavy (non-hydrogen) atoms. The van der Waals surface area contributed by atoms with Gasteiger partial charge in [-0.3, -0.25) is 0 Å². The number of thiophene rings is 1. The van der Waals surface area contributed by atoms with Crippen LogP contribution in [0.5, 0.6) is 0 Å². The van der Waals surface area contributed by atoms with E-state index in [-0.39, 0.29) is 0 Å². The van der Waals surface area contributed by atoms with E-state index >= 15 is 0 Å². The number of benzene rings is 2. The Balaban J connectivity index is 2.20. The lowest BCUT2D eigenvalue weighted by Crippen LogP contribution is -1.81. The van der Waals surface area contributed by atoms with Crippen molar-refractivity contribution in [2.24, 2.45) is 0 Å². The highest BCUT2D eigenvalue weighted by molar-refractivity contribution is 7.13. The zero-order chi connectivity index (χ0) is 13.2. The molecule has 0 aliphatic carbocycles. The molecule has 0 saturated heterocycles. The first-order valence-corrected chi connectivity index (χ1v) is 7.34. The van der Waals surface area contributed by atoms with Gasteiger partial charge in [0.2, 0.25) is 0 Å². The average Bonchev–Trinajstić information content (AvgIpc) is 2.89. The van der Waals surface area contributed by atoms with Gasteiger partial charge in [0.15, 0.2) is 0 Å². The maximum atomic E-state index is 6.27. The molecular weight excluding hydrogens is 295 g/mol. The summed E-state index contributed by atoms with van der Waals surface area (Å²) in [6.07, 6.45) is 0. The molecule has 0 bridgehead atoms. The lowest BCUT2D eigenvalue weighted by atomic mass is 10.0. The van der Waals surface area contributed by atoms with E-state index in [0.717, 1.165) is 31.6 Å². The van der Waals surface area contributed by atoms with Crippen LogP contribution in [-0.4, -0.2) is 0 Å². The normalized spacial score (nSPS) is 10.6. The maximum absolute atomic E-state index is 6.27. The first-order chi connectivity index (χ1) is 9.27. The van der Waals surface area contributed by atoms with E-state index in [4.69, 9.17) is 23.2 Å². The van der Waals surface area contributed by atoms with E-state index in [9.17, 15) is 0 Å².